The van der Waals surface area contributed by atoms with Crippen LogP contribution < -0.4 is 5.32 Å². The smallest absolute Gasteiger partial charge is 0.339 e. The molecule has 1 aromatic heterocycles. The van der Waals surface area contributed by atoms with Crippen molar-refractivity contribution >= 4 is 23.6 Å². The summed E-state index contributed by atoms with van der Waals surface area (Å²) in [7, 11) is 0. The van der Waals surface area contributed by atoms with Gasteiger partial charge in [0.25, 0.3) is 5.91 Å². The van der Waals surface area contributed by atoms with Gasteiger partial charge in [-0.25, -0.2) is 4.79 Å². The summed E-state index contributed by atoms with van der Waals surface area (Å²) in [4.78, 5) is 24.4. The van der Waals surface area contributed by atoms with Crippen molar-refractivity contribution in [2.75, 3.05) is 13.2 Å². The molecule has 144 valence electrons. The number of carbonyl (C=O) groups excluding carboxylic acids is 1. The first-order valence-electron chi connectivity index (χ1n) is 9.06. The lowest BCUT2D eigenvalue weighted by Crippen LogP contribution is -2.28. The predicted octanol–water partition coefficient (Wildman–Crippen LogP) is 3.96. The number of amides is 1. The zero-order valence-electron chi connectivity index (χ0n) is 15.0. The first-order valence-corrected chi connectivity index (χ1v) is 10.0. The van der Waals surface area contributed by atoms with Crippen LogP contribution in [0, 0.1) is 0 Å². The zero-order valence-corrected chi connectivity index (χ0v) is 15.8. The molecule has 0 radical (unpaired) electrons. The molecule has 1 aromatic carbocycles. The van der Waals surface area contributed by atoms with Crippen molar-refractivity contribution in [1.29, 1.82) is 0 Å². The van der Waals surface area contributed by atoms with Crippen molar-refractivity contribution < 1.29 is 23.8 Å². The number of benzene rings is 1. The third kappa shape index (κ3) is 5.37. The normalized spacial score (nSPS) is 14.4. The van der Waals surface area contributed by atoms with Crippen LogP contribution in [0.3, 0.4) is 0 Å². The van der Waals surface area contributed by atoms with E-state index in [-0.39, 0.29) is 11.5 Å². The van der Waals surface area contributed by atoms with Gasteiger partial charge in [-0.1, -0.05) is 25.0 Å². The van der Waals surface area contributed by atoms with E-state index in [9.17, 15) is 9.59 Å². The van der Waals surface area contributed by atoms with Crippen LogP contribution in [0.4, 0.5) is 0 Å². The molecule has 0 saturated heterocycles. The van der Waals surface area contributed by atoms with Crippen molar-refractivity contribution in [2.45, 2.75) is 42.4 Å². The van der Waals surface area contributed by atoms with E-state index < -0.39 is 5.97 Å². The molecule has 0 bridgehead atoms. The van der Waals surface area contributed by atoms with Gasteiger partial charge in [0.05, 0.1) is 30.3 Å². The van der Waals surface area contributed by atoms with Crippen molar-refractivity contribution in [3.05, 3.63) is 53.5 Å². The maximum Gasteiger partial charge on any atom is 0.339 e. The molecule has 0 aliphatic heterocycles. The molecular weight excluding hydrogens is 366 g/mol. The van der Waals surface area contributed by atoms with Crippen LogP contribution in [0.25, 0.3) is 0 Å². The lowest BCUT2D eigenvalue weighted by atomic mass is 10.2. The molecule has 3 rings (SSSR count). The minimum atomic E-state index is -1.02. The van der Waals surface area contributed by atoms with Gasteiger partial charge in [-0.2, -0.15) is 0 Å². The number of aromatic carboxylic acids is 1. The standard InChI is InChI=1S/C20H23NO5S/c22-19(21-10-12-25-14-5-1-2-6-14)16-7-3-4-8-18(16)27-13-17-15(20(23)24)9-11-26-17/h3-4,7-9,11,14H,1-2,5-6,10,12-13H2,(H,21,22)(H,23,24). The molecule has 1 aliphatic carbocycles. The van der Waals surface area contributed by atoms with Crippen molar-refractivity contribution in [3.63, 3.8) is 0 Å². The monoisotopic (exact) mass is 389 g/mol. The molecule has 1 saturated carbocycles. The summed E-state index contributed by atoms with van der Waals surface area (Å²) in [6.45, 7) is 0.982. The second-order valence-electron chi connectivity index (χ2n) is 6.38. The van der Waals surface area contributed by atoms with Crippen LogP contribution in [0.2, 0.25) is 0 Å². The minimum Gasteiger partial charge on any atom is -0.478 e. The van der Waals surface area contributed by atoms with E-state index in [0.717, 1.165) is 17.7 Å². The molecule has 1 heterocycles. The quantitative estimate of drug-likeness (QED) is 0.498. The van der Waals surface area contributed by atoms with E-state index in [1.807, 2.05) is 18.2 Å². The number of carbonyl (C=O) groups is 2. The van der Waals surface area contributed by atoms with Crippen LogP contribution in [0.1, 0.15) is 52.2 Å². The highest BCUT2D eigenvalue weighted by Gasteiger charge is 2.17. The summed E-state index contributed by atoms with van der Waals surface area (Å²) >= 11 is 1.38. The Kier molecular flexibility index (Phi) is 6.95. The Labute approximate surface area is 162 Å². The van der Waals surface area contributed by atoms with E-state index >= 15 is 0 Å². The van der Waals surface area contributed by atoms with Gasteiger partial charge in [-0.15, -0.1) is 11.8 Å². The summed E-state index contributed by atoms with van der Waals surface area (Å²) in [5.74, 6) is -0.463. The molecule has 0 atom stereocenters. The SMILES string of the molecule is O=C(NCCOC1CCCC1)c1ccccc1SCc1occc1C(=O)O. The third-order valence-electron chi connectivity index (χ3n) is 4.51. The van der Waals surface area contributed by atoms with Gasteiger partial charge in [0.1, 0.15) is 11.3 Å². The Hall–Kier alpha value is -2.25. The van der Waals surface area contributed by atoms with Gasteiger partial charge in [0.15, 0.2) is 0 Å². The fourth-order valence-electron chi connectivity index (χ4n) is 3.11. The summed E-state index contributed by atoms with van der Waals surface area (Å²) in [6.07, 6.45) is 6.36. The molecular formula is C20H23NO5S. The van der Waals surface area contributed by atoms with Crippen molar-refractivity contribution in [3.8, 4) is 0 Å². The van der Waals surface area contributed by atoms with Gasteiger partial charge < -0.3 is 19.6 Å². The Morgan fingerprint density at radius 2 is 1.96 bits per heavy atom. The number of carboxylic acid groups (broad SMARTS) is 1. The highest BCUT2D eigenvalue weighted by molar-refractivity contribution is 7.98. The highest BCUT2D eigenvalue weighted by Crippen LogP contribution is 2.28. The lowest BCUT2D eigenvalue weighted by Gasteiger charge is -2.12. The van der Waals surface area contributed by atoms with E-state index in [4.69, 9.17) is 14.3 Å². The fraction of sp³-hybridized carbons (Fsp3) is 0.400. The number of carboxylic acids is 1. The van der Waals surface area contributed by atoms with Crippen LogP contribution in [-0.4, -0.2) is 36.2 Å². The van der Waals surface area contributed by atoms with E-state index in [2.05, 4.69) is 5.32 Å². The largest absolute Gasteiger partial charge is 0.478 e. The van der Waals surface area contributed by atoms with Gasteiger partial charge in [0.2, 0.25) is 0 Å². The molecule has 0 unspecified atom stereocenters. The molecule has 0 spiro atoms. The summed E-state index contributed by atoms with van der Waals surface area (Å²) in [6, 6.07) is 8.70. The number of hydrogen-bond donors (Lipinski definition) is 2. The average Bonchev–Trinajstić information content (AvgIpc) is 3.35. The maximum atomic E-state index is 12.5. The second-order valence-corrected chi connectivity index (χ2v) is 7.40. The molecule has 7 heteroatoms. The van der Waals surface area contributed by atoms with Crippen LogP contribution in [0.15, 0.2) is 45.9 Å². The number of nitrogens with one attached hydrogen (secondary N) is 1. The number of thioether (sulfide) groups is 1. The number of hydrogen-bond acceptors (Lipinski definition) is 5. The second kappa shape index (κ2) is 9.62. The van der Waals surface area contributed by atoms with Crippen LogP contribution >= 0.6 is 11.8 Å². The van der Waals surface area contributed by atoms with Gasteiger partial charge in [0, 0.05) is 11.4 Å². The lowest BCUT2D eigenvalue weighted by molar-refractivity contribution is 0.0581. The van der Waals surface area contributed by atoms with Crippen LogP contribution in [0.5, 0.6) is 0 Å². The Bertz CT molecular complexity index is 782. The molecule has 2 N–H and O–H groups in total. The predicted molar refractivity (Wildman–Crippen MR) is 102 cm³/mol. The van der Waals surface area contributed by atoms with Gasteiger partial charge >= 0.3 is 5.97 Å². The third-order valence-corrected chi connectivity index (χ3v) is 5.58. The summed E-state index contributed by atoms with van der Waals surface area (Å²) in [5.41, 5.74) is 0.709. The number of ether oxygens (including phenoxy) is 1. The first-order chi connectivity index (χ1) is 13.1. The molecule has 2 aromatic rings. The molecule has 6 nitrogen and oxygen atoms in total. The number of rotatable bonds is 9. The van der Waals surface area contributed by atoms with Crippen molar-refractivity contribution in [1.82, 2.24) is 5.32 Å². The fourth-order valence-corrected chi connectivity index (χ4v) is 4.11. The first kappa shape index (κ1) is 19.5. The highest BCUT2D eigenvalue weighted by atomic mass is 32.2. The van der Waals surface area contributed by atoms with Crippen LogP contribution in [-0.2, 0) is 10.5 Å². The maximum absolute atomic E-state index is 12.5. The van der Waals surface area contributed by atoms with Gasteiger partial charge in [-0.05, 0) is 31.0 Å². The Balaban J connectivity index is 1.53. The van der Waals surface area contributed by atoms with Crippen molar-refractivity contribution in [2.24, 2.45) is 0 Å². The summed E-state index contributed by atoms with van der Waals surface area (Å²) in [5, 5.41) is 12.0. The molecule has 1 fully saturated rings. The van der Waals surface area contributed by atoms with E-state index in [0.29, 0.717) is 36.3 Å². The Morgan fingerprint density at radius 3 is 2.74 bits per heavy atom. The summed E-state index contributed by atoms with van der Waals surface area (Å²) < 4.78 is 11.0. The minimum absolute atomic E-state index is 0.147. The zero-order chi connectivity index (χ0) is 19.1. The molecule has 1 amide bonds. The molecule has 1 aliphatic rings. The van der Waals surface area contributed by atoms with E-state index in [1.54, 1.807) is 6.07 Å². The number of furan rings is 1. The topological polar surface area (TPSA) is 88.8 Å². The average molecular weight is 389 g/mol. The van der Waals surface area contributed by atoms with Gasteiger partial charge in [-0.3, -0.25) is 4.79 Å². The van der Waals surface area contributed by atoms with E-state index in [1.165, 1.54) is 36.9 Å². The molecule has 27 heavy (non-hydrogen) atoms. The Morgan fingerprint density at radius 1 is 1.19 bits per heavy atom.